The highest BCUT2D eigenvalue weighted by Gasteiger charge is 2.08. The highest BCUT2D eigenvalue weighted by atomic mass is 35.5. The average molecular weight is 399 g/mol. The molecule has 0 saturated heterocycles. The number of nitrogens with one attached hydrogen (secondary N) is 1. The Morgan fingerprint density at radius 2 is 1.77 bits per heavy atom. The van der Waals surface area contributed by atoms with Crippen LogP contribution in [-0.4, -0.2) is 36.6 Å². The van der Waals surface area contributed by atoms with Crippen LogP contribution in [0.5, 0.6) is 5.75 Å². The predicted octanol–water partition coefficient (Wildman–Crippen LogP) is 3.13. The zero-order valence-electron chi connectivity index (χ0n) is 14.5. The number of amides is 1. The second-order valence-corrected chi connectivity index (χ2v) is 5.75. The fraction of sp³-hybridized carbons (Fsp3) is 0.278. The number of benzene rings is 1. The number of hydrogen-bond donors (Lipinski definition) is 1. The summed E-state index contributed by atoms with van der Waals surface area (Å²) in [5.74, 6) is -0.201. The lowest BCUT2D eigenvalue weighted by Crippen LogP contribution is -2.28. The van der Waals surface area contributed by atoms with E-state index >= 15 is 0 Å². The van der Waals surface area contributed by atoms with Crippen molar-refractivity contribution in [1.82, 2.24) is 10.3 Å². The van der Waals surface area contributed by atoms with E-state index in [1.165, 1.54) is 12.4 Å². The zero-order valence-corrected chi connectivity index (χ0v) is 16.0. The Bertz CT molecular complexity index is 731. The zero-order chi connectivity index (χ0) is 18.2. The second kappa shape index (κ2) is 10.6. The van der Waals surface area contributed by atoms with Crippen LogP contribution >= 0.6 is 24.0 Å². The van der Waals surface area contributed by atoms with Gasteiger partial charge in [0.2, 0.25) is 0 Å². The van der Waals surface area contributed by atoms with Gasteiger partial charge in [-0.1, -0.05) is 11.6 Å². The first-order valence-corrected chi connectivity index (χ1v) is 8.08. The van der Waals surface area contributed by atoms with Gasteiger partial charge in [0.25, 0.3) is 5.91 Å². The van der Waals surface area contributed by atoms with Crippen molar-refractivity contribution in [1.29, 1.82) is 0 Å². The number of hydrogen-bond acceptors (Lipinski definition) is 5. The van der Waals surface area contributed by atoms with E-state index in [0.29, 0.717) is 16.3 Å². The van der Waals surface area contributed by atoms with Crippen LogP contribution in [0.1, 0.15) is 21.5 Å². The molecule has 0 saturated carbocycles. The van der Waals surface area contributed by atoms with Gasteiger partial charge in [0.05, 0.1) is 6.54 Å². The lowest BCUT2D eigenvalue weighted by molar-refractivity contribution is -0.145. The highest BCUT2D eigenvalue weighted by molar-refractivity contribution is 6.32. The molecular weight excluding hydrogens is 379 g/mol. The molecule has 2 aromatic rings. The monoisotopic (exact) mass is 398 g/mol. The third kappa shape index (κ3) is 6.54. The lowest BCUT2D eigenvalue weighted by atomic mass is 10.1. The quantitative estimate of drug-likeness (QED) is 0.572. The van der Waals surface area contributed by atoms with Crippen LogP contribution in [0.2, 0.25) is 5.02 Å². The molecule has 0 fully saturated rings. The summed E-state index contributed by atoms with van der Waals surface area (Å²) >= 11 is 6.08. The molecule has 26 heavy (non-hydrogen) atoms. The number of halogens is 2. The summed E-state index contributed by atoms with van der Waals surface area (Å²) in [6.07, 6.45) is 3.07. The minimum atomic E-state index is -0.511. The standard InChI is InChI=1S/C18H19ClN2O4.ClH/c1-12-9-15(10-13(2)17(12)19)25-11-16(22)24-8-7-21-18(23)14-3-5-20-6-4-14;/h3-6,9-10H,7-8,11H2,1-2H3,(H,21,23);1H. The Morgan fingerprint density at radius 3 is 2.38 bits per heavy atom. The molecule has 0 radical (unpaired) electrons. The molecule has 1 amide bonds. The molecular formula is C18H20Cl2N2O4. The van der Waals surface area contributed by atoms with Crippen LogP contribution in [0.15, 0.2) is 36.7 Å². The Hall–Kier alpha value is -2.31. The Kier molecular flexibility index (Phi) is 8.88. The molecule has 2 rings (SSSR count). The van der Waals surface area contributed by atoms with Crippen molar-refractivity contribution in [2.24, 2.45) is 0 Å². The lowest BCUT2D eigenvalue weighted by Gasteiger charge is -2.10. The van der Waals surface area contributed by atoms with Crippen LogP contribution in [0, 0.1) is 13.8 Å². The van der Waals surface area contributed by atoms with E-state index in [4.69, 9.17) is 21.1 Å². The predicted molar refractivity (Wildman–Crippen MR) is 101 cm³/mol. The van der Waals surface area contributed by atoms with E-state index < -0.39 is 5.97 Å². The van der Waals surface area contributed by atoms with Crippen LogP contribution in [-0.2, 0) is 9.53 Å². The SMILES string of the molecule is Cc1cc(OCC(=O)OCCNC(=O)c2ccncc2)cc(C)c1Cl.Cl. The highest BCUT2D eigenvalue weighted by Crippen LogP contribution is 2.25. The number of carbonyl (C=O) groups is 2. The van der Waals surface area contributed by atoms with Gasteiger partial charge in [0, 0.05) is 23.0 Å². The molecule has 8 heteroatoms. The van der Waals surface area contributed by atoms with E-state index in [1.807, 2.05) is 13.8 Å². The largest absolute Gasteiger partial charge is 0.482 e. The van der Waals surface area contributed by atoms with Gasteiger partial charge in [-0.2, -0.15) is 0 Å². The molecule has 0 unspecified atom stereocenters. The molecule has 0 aliphatic rings. The summed E-state index contributed by atoms with van der Waals surface area (Å²) in [5, 5.41) is 3.33. The van der Waals surface area contributed by atoms with Crippen molar-refractivity contribution in [3.8, 4) is 5.75 Å². The van der Waals surface area contributed by atoms with Gasteiger partial charge in [-0.25, -0.2) is 4.79 Å². The summed E-state index contributed by atoms with van der Waals surface area (Å²) in [5.41, 5.74) is 2.26. The van der Waals surface area contributed by atoms with Gasteiger partial charge < -0.3 is 14.8 Å². The van der Waals surface area contributed by atoms with Crippen LogP contribution in [0.25, 0.3) is 0 Å². The first-order chi connectivity index (χ1) is 12.0. The fourth-order valence-corrected chi connectivity index (χ4v) is 2.22. The number of ether oxygens (including phenoxy) is 2. The fourth-order valence-electron chi connectivity index (χ4n) is 2.11. The Labute approximate surface area is 163 Å². The molecule has 0 aliphatic heterocycles. The van der Waals surface area contributed by atoms with E-state index in [1.54, 1.807) is 24.3 Å². The van der Waals surface area contributed by atoms with Gasteiger partial charge >= 0.3 is 5.97 Å². The normalized spacial score (nSPS) is 9.81. The van der Waals surface area contributed by atoms with Crippen LogP contribution < -0.4 is 10.1 Å². The number of carbonyl (C=O) groups excluding carboxylic acids is 2. The van der Waals surface area contributed by atoms with Gasteiger partial charge in [-0.15, -0.1) is 12.4 Å². The number of aryl methyl sites for hydroxylation is 2. The van der Waals surface area contributed by atoms with Crippen molar-refractivity contribution >= 4 is 35.9 Å². The number of pyridine rings is 1. The summed E-state index contributed by atoms with van der Waals surface area (Å²) in [4.78, 5) is 27.3. The van der Waals surface area contributed by atoms with E-state index in [2.05, 4.69) is 10.3 Å². The summed E-state index contributed by atoms with van der Waals surface area (Å²) in [7, 11) is 0. The summed E-state index contributed by atoms with van der Waals surface area (Å²) in [6, 6.07) is 6.73. The average Bonchev–Trinajstić information content (AvgIpc) is 2.62. The van der Waals surface area contributed by atoms with Crippen molar-refractivity contribution in [3.63, 3.8) is 0 Å². The van der Waals surface area contributed by atoms with Crippen molar-refractivity contribution in [2.45, 2.75) is 13.8 Å². The molecule has 0 bridgehead atoms. The second-order valence-electron chi connectivity index (χ2n) is 5.37. The van der Waals surface area contributed by atoms with Gasteiger partial charge in [0.1, 0.15) is 12.4 Å². The number of aromatic nitrogens is 1. The minimum absolute atomic E-state index is 0. The maximum atomic E-state index is 11.8. The molecule has 1 aromatic carbocycles. The molecule has 1 N–H and O–H groups in total. The number of rotatable bonds is 7. The summed E-state index contributed by atoms with van der Waals surface area (Å²) < 4.78 is 10.4. The molecule has 1 heterocycles. The molecule has 1 aromatic heterocycles. The van der Waals surface area contributed by atoms with Gasteiger partial charge in [-0.05, 0) is 49.2 Å². The van der Waals surface area contributed by atoms with Gasteiger partial charge in [-0.3, -0.25) is 9.78 Å². The number of esters is 1. The third-order valence-corrected chi connectivity index (χ3v) is 3.96. The molecule has 6 nitrogen and oxygen atoms in total. The van der Waals surface area contributed by atoms with E-state index in [9.17, 15) is 9.59 Å². The molecule has 0 aliphatic carbocycles. The summed E-state index contributed by atoms with van der Waals surface area (Å²) in [6.45, 7) is 3.81. The van der Waals surface area contributed by atoms with Gasteiger partial charge in [0.15, 0.2) is 6.61 Å². The van der Waals surface area contributed by atoms with Crippen molar-refractivity contribution < 1.29 is 19.1 Å². The minimum Gasteiger partial charge on any atom is -0.482 e. The van der Waals surface area contributed by atoms with Crippen LogP contribution in [0.3, 0.4) is 0 Å². The van der Waals surface area contributed by atoms with E-state index in [0.717, 1.165) is 11.1 Å². The topological polar surface area (TPSA) is 77.5 Å². The van der Waals surface area contributed by atoms with E-state index in [-0.39, 0.29) is 38.1 Å². The first-order valence-electron chi connectivity index (χ1n) is 7.71. The maximum absolute atomic E-state index is 11.8. The third-order valence-electron chi connectivity index (χ3n) is 3.36. The maximum Gasteiger partial charge on any atom is 0.344 e. The first kappa shape index (κ1) is 21.7. The number of nitrogens with zero attached hydrogens (tertiary/aromatic N) is 1. The smallest absolute Gasteiger partial charge is 0.344 e. The Balaban J connectivity index is 0.00000338. The molecule has 0 spiro atoms. The van der Waals surface area contributed by atoms with Crippen molar-refractivity contribution in [2.75, 3.05) is 19.8 Å². The van der Waals surface area contributed by atoms with Crippen LogP contribution in [0.4, 0.5) is 0 Å². The van der Waals surface area contributed by atoms with Crippen molar-refractivity contribution in [3.05, 3.63) is 58.4 Å². The molecule has 140 valence electrons. The molecule has 0 atom stereocenters. The Morgan fingerprint density at radius 1 is 1.15 bits per heavy atom.